The van der Waals surface area contributed by atoms with Crippen molar-refractivity contribution in [1.29, 1.82) is 0 Å². The Morgan fingerprint density at radius 2 is 1.84 bits per heavy atom. The summed E-state index contributed by atoms with van der Waals surface area (Å²) in [6.07, 6.45) is 0.798. The highest BCUT2D eigenvalue weighted by molar-refractivity contribution is 7.91. The van der Waals surface area contributed by atoms with Crippen molar-refractivity contribution < 1.29 is 22.0 Å². The Kier molecular flexibility index (Phi) is 7.82. The van der Waals surface area contributed by atoms with Gasteiger partial charge in [-0.25, -0.2) is 17.2 Å². The molecule has 2 aromatic carbocycles. The lowest BCUT2D eigenvalue weighted by molar-refractivity contribution is -0.115. The average molecular weight is 483 g/mol. The van der Waals surface area contributed by atoms with Gasteiger partial charge in [-0.15, -0.1) is 12.6 Å². The number of rotatable bonds is 7. The molecule has 2 aromatic rings. The summed E-state index contributed by atoms with van der Waals surface area (Å²) in [5.41, 5.74) is 1.40. The fourth-order valence-corrected chi connectivity index (χ4v) is 5.60. The van der Waals surface area contributed by atoms with Crippen LogP contribution in [0.4, 0.5) is 20.2 Å². The second-order valence-corrected chi connectivity index (χ2v) is 11.4. The van der Waals surface area contributed by atoms with Crippen LogP contribution in [0, 0.1) is 17.6 Å². The highest BCUT2D eigenvalue weighted by atomic mass is 32.2. The van der Waals surface area contributed by atoms with Crippen LogP contribution in [0.5, 0.6) is 0 Å². The zero-order valence-corrected chi connectivity index (χ0v) is 19.9. The first-order valence-electron chi connectivity index (χ1n) is 10.6. The van der Waals surface area contributed by atoms with Crippen LogP contribution in [-0.2, 0) is 21.1 Å². The smallest absolute Gasteiger partial charge is 0.228 e. The third kappa shape index (κ3) is 6.45. The first-order valence-corrected chi connectivity index (χ1v) is 12.8. The van der Waals surface area contributed by atoms with Crippen LogP contribution >= 0.6 is 12.6 Å². The number of nitrogens with zero attached hydrogens (tertiary/aromatic N) is 1. The Labute approximate surface area is 193 Å². The maximum absolute atomic E-state index is 14.0. The lowest BCUT2D eigenvalue weighted by Gasteiger charge is -2.38. The Balaban J connectivity index is 1.86. The summed E-state index contributed by atoms with van der Waals surface area (Å²) in [6.45, 7) is 4.84. The molecule has 1 heterocycles. The zero-order valence-electron chi connectivity index (χ0n) is 18.1. The maximum atomic E-state index is 14.0. The van der Waals surface area contributed by atoms with Gasteiger partial charge in [0.15, 0.2) is 0 Å². The van der Waals surface area contributed by atoms with Gasteiger partial charge in [-0.2, -0.15) is 0 Å². The summed E-state index contributed by atoms with van der Waals surface area (Å²) in [5, 5.41) is 2.84. The molecule has 1 amide bonds. The molecule has 9 heteroatoms. The number of nitrogens with one attached hydrogen (secondary N) is 1. The third-order valence-corrected chi connectivity index (χ3v) is 7.45. The van der Waals surface area contributed by atoms with E-state index in [1.807, 2.05) is 12.1 Å². The van der Waals surface area contributed by atoms with Crippen LogP contribution in [-0.4, -0.2) is 38.4 Å². The molecule has 5 nitrogen and oxygen atoms in total. The topological polar surface area (TPSA) is 66.5 Å². The number of thiol groups is 1. The van der Waals surface area contributed by atoms with Crippen LogP contribution in [0.15, 0.2) is 41.3 Å². The van der Waals surface area contributed by atoms with Crippen molar-refractivity contribution >= 4 is 39.7 Å². The van der Waals surface area contributed by atoms with Crippen LogP contribution < -0.4 is 10.2 Å². The third-order valence-electron chi connectivity index (χ3n) is 5.46. The fraction of sp³-hybridized carbons (Fsp3) is 0.435. The molecule has 1 N–H and O–H groups in total. The van der Waals surface area contributed by atoms with E-state index in [2.05, 4.69) is 36.7 Å². The normalized spacial score (nSPS) is 16.2. The summed E-state index contributed by atoms with van der Waals surface area (Å²) < 4.78 is 51.0. The molecule has 174 valence electrons. The van der Waals surface area contributed by atoms with Gasteiger partial charge in [0.05, 0.1) is 29.3 Å². The monoisotopic (exact) mass is 482 g/mol. The lowest BCUT2D eigenvalue weighted by Crippen LogP contribution is -2.43. The molecule has 0 bridgehead atoms. The van der Waals surface area contributed by atoms with Crippen molar-refractivity contribution in [3.05, 3.63) is 53.6 Å². The Morgan fingerprint density at radius 3 is 2.47 bits per heavy atom. The average Bonchev–Trinajstić information content (AvgIpc) is 2.69. The van der Waals surface area contributed by atoms with E-state index in [9.17, 15) is 22.0 Å². The van der Waals surface area contributed by atoms with E-state index in [1.165, 1.54) is 6.07 Å². The molecule has 1 aliphatic heterocycles. The summed E-state index contributed by atoms with van der Waals surface area (Å²) in [7, 11) is -3.01. The fourth-order valence-electron chi connectivity index (χ4n) is 3.93. The number of amides is 1. The molecule has 1 fully saturated rings. The van der Waals surface area contributed by atoms with Crippen molar-refractivity contribution in [1.82, 2.24) is 0 Å². The highest BCUT2D eigenvalue weighted by Gasteiger charge is 2.30. The van der Waals surface area contributed by atoms with E-state index < -0.39 is 27.4 Å². The van der Waals surface area contributed by atoms with Gasteiger partial charge in [0, 0.05) is 23.5 Å². The molecule has 32 heavy (non-hydrogen) atoms. The van der Waals surface area contributed by atoms with Crippen molar-refractivity contribution in [3.63, 3.8) is 0 Å². The van der Waals surface area contributed by atoms with E-state index in [0.29, 0.717) is 35.9 Å². The standard InChI is InChI=1S/C23H28F2N2O3S2/c1-15(2)14-27(18-7-9-32(29,30)10-8-18)22-6-5-19(31)13-21(22)26-23(28)11-16-3-4-17(24)12-20(16)25/h3-6,12-13,15,18,31H,7-11,14H2,1-2H3,(H,26,28). The number of sulfone groups is 1. The molecule has 0 aromatic heterocycles. The largest absolute Gasteiger partial charge is 0.367 e. The Hall–Kier alpha value is -2.13. The van der Waals surface area contributed by atoms with Gasteiger partial charge < -0.3 is 10.2 Å². The van der Waals surface area contributed by atoms with Crippen LogP contribution in [0.1, 0.15) is 32.3 Å². The molecule has 0 unspecified atom stereocenters. The Bertz CT molecular complexity index is 1080. The lowest BCUT2D eigenvalue weighted by atomic mass is 10.0. The number of benzene rings is 2. The Morgan fingerprint density at radius 1 is 1.16 bits per heavy atom. The molecule has 1 aliphatic rings. The van der Waals surface area contributed by atoms with E-state index in [0.717, 1.165) is 17.8 Å². The van der Waals surface area contributed by atoms with Crippen LogP contribution in [0.2, 0.25) is 0 Å². The molecule has 0 radical (unpaired) electrons. The number of halogens is 2. The van der Waals surface area contributed by atoms with Gasteiger partial charge in [0.2, 0.25) is 5.91 Å². The first-order chi connectivity index (χ1) is 15.0. The summed E-state index contributed by atoms with van der Waals surface area (Å²) in [6, 6.07) is 8.56. The first kappa shape index (κ1) is 24.5. The van der Waals surface area contributed by atoms with Crippen molar-refractivity contribution in [2.75, 3.05) is 28.3 Å². The van der Waals surface area contributed by atoms with E-state index in [4.69, 9.17) is 0 Å². The molecule has 1 saturated heterocycles. The molecule has 0 aliphatic carbocycles. The van der Waals surface area contributed by atoms with Gasteiger partial charge in [-0.05, 0) is 48.6 Å². The van der Waals surface area contributed by atoms with Crippen LogP contribution in [0.3, 0.4) is 0 Å². The summed E-state index contributed by atoms with van der Waals surface area (Å²) >= 11 is 4.39. The number of hydrogen-bond acceptors (Lipinski definition) is 5. The van der Waals surface area contributed by atoms with Gasteiger partial charge in [0.25, 0.3) is 0 Å². The molecule has 0 atom stereocenters. The number of carbonyl (C=O) groups excluding carboxylic acids is 1. The number of hydrogen-bond donors (Lipinski definition) is 2. The van der Waals surface area contributed by atoms with Gasteiger partial charge in [-0.1, -0.05) is 19.9 Å². The predicted octanol–water partition coefficient (Wildman–Crippen LogP) is 4.47. The van der Waals surface area contributed by atoms with Crippen molar-refractivity contribution in [2.24, 2.45) is 5.92 Å². The minimum Gasteiger partial charge on any atom is -0.367 e. The maximum Gasteiger partial charge on any atom is 0.228 e. The molecular formula is C23H28F2N2O3S2. The van der Waals surface area contributed by atoms with E-state index in [-0.39, 0.29) is 29.5 Å². The van der Waals surface area contributed by atoms with Gasteiger partial charge in [-0.3, -0.25) is 4.79 Å². The summed E-state index contributed by atoms with van der Waals surface area (Å²) in [5.74, 6) is -1.32. The van der Waals surface area contributed by atoms with Crippen LogP contribution in [0.25, 0.3) is 0 Å². The minimum atomic E-state index is -3.01. The summed E-state index contributed by atoms with van der Waals surface area (Å²) in [4.78, 5) is 15.5. The molecule has 0 saturated carbocycles. The molecule has 3 rings (SSSR count). The number of anilines is 2. The second kappa shape index (κ2) is 10.2. The van der Waals surface area contributed by atoms with Gasteiger partial charge in [0.1, 0.15) is 21.5 Å². The quantitative estimate of drug-likeness (QED) is 0.572. The van der Waals surface area contributed by atoms with E-state index >= 15 is 0 Å². The second-order valence-electron chi connectivity index (χ2n) is 8.59. The molecular weight excluding hydrogens is 454 g/mol. The van der Waals surface area contributed by atoms with Crippen molar-refractivity contribution in [3.8, 4) is 0 Å². The highest BCUT2D eigenvalue weighted by Crippen LogP contribution is 2.33. The minimum absolute atomic E-state index is 0.0249. The zero-order chi connectivity index (χ0) is 23.5. The SMILES string of the molecule is CC(C)CN(c1ccc(S)cc1NC(=O)Cc1ccc(F)cc1F)C1CCS(=O)(=O)CC1. The predicted molar refractivity (Wildman–Crippen MR) is 126 cm³/mol. The van der Waals surface area contributed by atoms with E-state index in [1.54, 1.807) is 6.07 Å². The number of carbonyl (C=O) groups is 1. The van der Waals surface area contributed by atoms with Crippen molar-refractivity contribution in [2.45, 2.75) is 44.0 Å². The van der Waals surface area contributed by atoms with Gasteiger partial charge >= 0.3 is 0 Å². The molecule has 0 spiro atoms.